The average molecular weight is 341 g/mol. The number of piperidine rings is 1. The minimum Gasteiger partial charge on any atom is -0.462 e. The van der Waals surface area contributed by atoms with Gasteiger partial charge < -0.3 is 9.64 Å². The molecule has 23 heavy (non-hydrogen) atoms. The maximum Gasteiger partial charge on any atom is 0.338 e. The van der Waals surface area contributed by atoms with Gasteiger partial charge in [-0.3, -0.25) is 10.1 Å². The molecule has 1 aliphatic rings. The van der Waals surface area contributed by atoms with E-state index in [2.05, 4.69) is 0 Å². The van der Waals surface area contributed by atoms with Crippen molar-refractivity contribution < 1.29 is 14.5 Å². The first-order valence-corrected chi connectivity index (χ1v) is 8.32. The van der Waals surface area contributed by atoms with Crippen molar-refractivity contribution in [1.29, 1.82) is 0 Å². The van der Waals surface area contributed by atoms with E-state index in [-0.39, 0.29) is 16.3 Å². The molecule has 0 radical (unpaired) electrons. The van der Waals surface area contributed by atoms with E-state index in [1.165, 1.54) is 12.1 Å². The molecule has 0 bridgehead atoms. The van der Waals surface area contributed by atoms with Gasteiger partial charge in [0.05, 0.1) is 22.1 Å². The Morgan fingerprint density at radius 1 is 1.35 bits per heavy atom. The molecule has 1 fully saturated rings. The SMILES string of the molecule is CCCCOC(=O)c1cc(Cl)c(N2CCCCC2)c([N+](=O)[O-])c1. The third kappa shape index (κ3) is 4.34. The summed E-state index contributed by atoms with van der Waals surface area (Å²) in [7, 11) is 0. The summed E-state index contributed by atoms with van der Waals surface area (Å²) in [5.41, 5.74) is 0.391. The maximum atomic E-state index is 12.0. The van der Waals surface area contributed by atoms with Gasteiger partial charge in [-0.1, -0.05) is 24.9 Å². The largest absolute Gasteiger partial charge is 0.462 e. The van der Waals surface area contributed by atoms with Gasteiger partial charge in [0.1, 0.15) is 5.69 Å². The lowest BCUT2D eigenvalue weighted by atomic mass is 10.1. The smallest absolute Gasteiger partial charge is 0.338 e. The zero-order chi connectivity index (χ0) is 16.8. The van der Waals surface area contributed by atoms with Gasteiger partial charge in [0.25, 0.3) is 5.69 Å². The molecule has 1 aliphatic heterocycles. The number of anilines is 1. The Morgan fingerprint density at radius 3 is 2.65 bits per heavy atom. The van der Waals surface area contributed by atoms with Crippen LogP contribution in [0.1, 0.15) is 49.4 Å². The highest BCUT2D eigenvalue weighted by molar-refractivity contribution is 6.34. The van der Waals surface area contributed by atoms with Crippen molar-refractivity contribution in [2.75, 3.05) is 24.6 Å². The van der Waals surface area contributed by atoms with Gasteiger partial charge in [-0.05, 0) is 31.7 Å². The Hall–Kier alpha value is -1.82. The van der Waals surface area contributed by atoms with Crippen molar-refractivity contribution >= 4 is 28.9 Å². The number of esters is 1. The number of ether oxygens (including phenoxy) is 1. The zero-order valence-electron chi connectivity index (χ0n) is 13.2. The van der Waals surface area contributed by atoms with E-state index in [0.717, 1.165) is 45.2 Å². The summed E-state index contributed by atoms with van der Waals surface area (Å²) in [4.78, 5) is 24.9. The molecule has 7 heteroatoms. The minimum absolute atomic E-state index is 0.124. The van der Waals surface area contributed by atoms with Crippen LogP contribution in [0.4, 0.5) is 11.4 Å². The van der Waals surface area contributed by atoms with E-state index in [1.54, 1.807) is 0 Å². The normalized spacial score (nSPS) is 14.6. The Morgan fingerprint density at radius 2 is 2.04 bits per heavy atom. The molecule has 0 saturated carbocycles. The van der Waals surface area contributed by atoms with Crippen LogP contribution in [0, 0.1) is 10.1 Å². The number of benzene rings is 1. The van der Waals surface area contributed by atoms with Gasteiger partial charge in [-0.25, -0.2) is 4.79 Å². The van der Waals surface area contributed by atoms with Crippen molar-refractivity contribution in [2.45, 2.75) is 39.0 Å². The lowest BCUT2D eigenvalue weighted by Crippen LogP contribution is -2.30. The van der Waals surface area contributed by atoms with Crippen LogP contribution in [0.3, 0.4) is 0 Å². The minimum atomic E-state index is -0.575. The van der Waals surface area contributed by atoms with Crippen molar-refractivity contribution in [3.63, 3.8) is 0 Å². The molecule has 0 amide bonds. The third-order valence-electron chi connectivity index (χ3n) is 3.88. The molecule has 0 aromatic heterocycles. The van der Waals surface area contributed by atoms with Crippen LogP contribution in [0.2, 0.25) is 5.02 Å². The second kappa shape index (κ2) is 8.15. The molecular formula is C16H21ClN2O4. The van der Waals surface area contributed by atoms with E-state index >= 15 is 0 Å². The van der Waals surface area contributed by atoms with Crippen LogP contribution in [0.5, 0.6) is 0 Å². The number of rotatable bonds is 6. The average Bonchev–Trinajstić information content (AvgIpc) is 2.54. The first kappa shape index (κ1) is 17.5. The standard InChI is InChI=1S/C16H21ClN2O4/c1-2-3-9-23-16(20)12-10-13(17)15(14(11-12)19(21)22)18-7-5-4-6-8-18/h10-11H,2-9H2,1H3. The summed E-state index contributed by atoms with van der Waals surface area (Å²) < 4.78 is 5.11. The van der Waals surface area contributed by atoms with Crippen LogP contribution >= 0.6 is 11.6 Å². The monoisotopic (exact) mass is 340 g/mol. The summed E-state index contributed by atoms with van der Waals surface area (Å²) in [6, 6.07) is 2.73. The van der Waals surface area contributed by atoms with Gasteiger partial charge in [-0.2, -0.15) is 0 Å². The highest BCUT2D eigenvalue weighted by atomic mass is 35.5. The lowest BCUT2D eigenvalue weighted by Gasteiger charge is -2.29. The van der Waals surface area contributed by atoms with E-state index in [1.807, 2.05) is 11.8 Å². The molecule has 0 aliphatic carbocycles. The summed E-state index contributed by atoms with van der Waals surface area (Å²) in [5, 5.41) is 11.6. The number of hydrogen-bond acceptors (Lipinski definition) is 5. The fourth-order valence-corrected chi connectivity index (χ4v) is 3.00. The first-order valence-electron chi connectivity index (χ1n) is 7.94. The predicted octanol–water partition coefficient (Wildman–Crippen LogP) is 4.20. The Kier molecular flexibility index (Phi) is 6.21. The number of nitro groups is 1. The fraction of sp³-hybridized carbons (Fsp3) is 0.562. The summed E-state index contributed by atoms with van der Waals surface area (Å²) in [5.74, 6) is -0.575. The molecule has 0 unspecified atom stereocenters. The Balaban J connectivity index is 2.30. The van der Waals surface area contributed by atoms with E-state index in [9.17, 15) is 14.9 Å². The van der Waals surface area contributed by atoms with Crippen LogP contribution < -0.4 is 4.90 Å². The number of nitrogens with zero attached hydrogens (tertiary/aromatic N) is 2. The Bertz CT molecular complexity index is 586. The second-order valence-corrected chi connectivity index (χ2v) is 6.03. The van der Waals surface area contributed by atoms with Gasteiger partial charge in [0.2, 0.25) is 0 Å². The predicted molar refractivity (Wildman–Crippen MR) is 89.4 cm³/mol. The van der Waals surface area contributed by atoms with Crippen LogP contribution in [-0.4, -0.2) is 30.6 Å². The van der Waals surface area contributed by atoms with E-state index in [0.29, 0.717) is 12.3 Å². The third-order valence-corrected chi connectivity index (χ3v) is 4.17. The summed E-state index contributed by atoms with van der Waals surface area (Å²) in [6.07, 6.45) is 4.74. The molecule has 1 saturated heterocycles. The lowest BCUT2D eigenvalue weighted by molar-refractivity contribution is -0.384. The number of halogens is 1. The van der Waals surface area contributed by atoms with Gasteiger partial charge in [-0.15, -0.1) is 0 Å². The van der Waals surface area contributed by atoms with Crippen molar-refractivity contribution in [3.05, 3.63) is 32.8 Å². The maximum absolute atomic E-state index is 12.0. The van der Waals surface area contributed by atoms with Crippen molar-refractivity contribution in [1.82, 2.24) is 0 Å². The molecule has 0 spiro atoms. The molecule has 126 valence electrons. The van der Waals surface area contributed by atoms with Gasteiger partial charge in [0.15, 0.2) is 0 Å². The number of unbranched alkanes of at least 4 members (excludes halogenated alkanes) is 1. The number of nitro benzene ring substituents is 1. The van der Waals surface area contributed by atoms with Crippen LogP contribution in [0.15, 0.2) is 12.1 Å². The highest BCUT2D eigenvalue weighted by Gasteiger charge is 2.27. The zero-order valence-corrected chi connectivity index (χ0v) is 14.0. The number of carbonyl (C=O) groups is 1. The Labute approximate surface area is 140 Å². The fourth-order valence-electron chi connectivity index (χ4n) is 2.66. The molecule has 0 atom stereocenters. The number of hydrogen-bond donors (Lipinski definition) is 0. The summed E-state index contributed by atoms with van der Waals surface area (Å²) in [6.45, 7) is 3.76. The molecule has 1 heterocycles. The van der Waals surface area contributed by atoms with Crippen LogP contribution in [-0.2, 0) is 4.74 Å². The van der Waals surface area contributed by atoms with Crippen molar-refractivity contribution in [3.8, 4) is 0 Å². The summed E-state index contributed by atoms with van der Waals surface area (Å²) >= 11 is 6.26. The molecule has 0 N–H and O–H groups in total. The molecule has 1 aromatic carbocycles. The molecule has 2 rings (SSSR count). The topological polar surface area (TPSA) is 72.7 Å². The molecule has 6 nitrogen and oxygen atoms in total. The van der Waals surface area contributed by atoms with Gasteiger partial charge in [0, 0.05) is 19.2 Å². The molecule has 1 aromatic rings. The quantitative estimate of drug-likeness (QED) is 0.336. The van der Waals surface area contributed by atoms with Gasteiger partial charge >= 0.3 is 5.97 Å². The second-order valence-electron chi connectivity index (χ2n) is 5.62. The highest BCUT2D eigenvalue weighted by Crippen LogP contribution is 2.38. The van der Waals surface area contributed by atoms with Crippen LogP contribution in [0.25, 0.3) is 0 Å². The first-order chi connectivity index (χ1) is 11.0. The van der Waals surface area contributed by atoms with Crippen molar-refractivity contribution in [2.24, 2.45) is 0 Å². The van der Waals surface area contributed by atoms with E-state index in [4.69, 9.17) is 16.3 Å². The van der Waals surface area contributed by atoms with E-state index < -0.39 is 10.9 Å². The number of carbonyl (C=O) groups excluding carboxylic acids is 1. The molecular weight excluding hydrogens is 320 g/mol.